The lowest BCUT2D eigenvalue weighted by molar-refractivity contribution is -0.116. The third kappa shape index (κ3) is 5.04. The van der Waals surface area contributed by atoms with Gasteiger partial charge in [-0.15, -0.1) is 0 Å². The Bertz CT molecular complexity index is 1550. The summed E-state index contributed by atoms with van der Waals surface area (Å²) in [6, 6.07) is 17.9. The molecule has 0 bridgehead atoms. The average molecular weight is 511 g/mol. The van der Waals surface area contributed by atoms with E-state index in [-0.39, 0.29) is 17.5 Å². The fourth-order valence-corrected chi connectivity index (χ4v) is 4.96. The fourth-order valence-electron chi connectivity index (χ4n) is 4.96. The van der Waals surface area contributed by atoms with Crippen molar-refractivity contribution in [1.82, 2.24) is 10.3 Å². The van der Waals surface area contributed by atoms with E-state index in [2.05, 4.69) is 22.1 Å². The molecule has 1 aliphatic heterocycles. The number of nitrogens with two attached hydrogens (primary N) is 1. The van der Waals surface area contributed by atoms with E-state index in [1.54, 1.807) is 13.1 Å². The van der Waals surface area contributed by atoms with E-state index in [4.69, 9.17) is 10.5 Å². The van der Waals surface area contributed by atoms with Gasteiger partial charge in [-0.25, -0.2) is 4.39 Å². The number of hydrogen-bond donors (Lipinski definition) is 3. The van der Waals surface area contributed by atoms with Gasteiger partial charge in [0, 0.05) is 36.3 Å². The molecule has 1 fully saturated rings. The molecule has 0 unspecified atom stereocenters. The van der Waals surface area contributed by atoms with Crippen molar-refractivity contribution >= 4 is 28.4 Å². The van der Waals surface area contributed by atoms with Gasteiger partial charge >= 0.3 is 0 Å². The van der Waals surface area contributed by atoms with E-state index in [1.807, 2.05) is 59.5 Å². The molecule has 8 heteroatoms. The van der Waals surface area contributed by atoms with Crippen LogP contribution in [-0.4, -0.2) is 35.9 Å². The number of carbonyl (C=O) groups is 2. The molecule has 0 aliphatic carbocycles. The van der Waals surface area contributed by atoms with Gasteiger partial charge in [-0.1, -0.05) is 36.3 Å². The largest absolute Gasteiger partial charge is 0.457 e. The molecule has 1 saturated heterocycles. The third-order valence-corrected chi connectivity index (χ3v) is 6.60. The molecular weight excluding hydrogens is 483 g/mol. The van der Waals surface area contributed by atoms with E-state index in [9.17, 15) is 9.59 Å². The molecule has 3 aromatic carbocycles. The molecule has 1 atom stereocenters. The lowest BCUT2D eigenvalue weighted by Gasteiger charge is -2.35. The average Bonchev–Trinajstić information content (AvgIpc) is 3.34. The molecule has 0 spiro atoms. The second-order valence-corrected chi connectivity index (χ2v) is 9.14. The van der Waals surface area contributed by atoms with Crippen LogP contribution in [-0.2, 0) is 4.79 Å². The zero-order valence-electron chi connectivity index (χ0n) is 20.9. The number of benzene rings is 3. The summed E-state index contributed by atoms with van der Waals surface area (Å²) in [6.07, 6.45) is 3.28. The van der Waals surface area contributed by atoms with Gasteiger partial charge in [0.2, 0.25) is 0 Å². The highest BCUT2D eigenvalue weighted by molar-refractivity contribution is 6.13. The second-order valence-electron chi connectivity index (χ2n) is 9.14. The summed E-state index contributed by atoms with van der Waals surface area (Å²) < 4.78 is 21.6. The minimum atomic E-state index is -0.720. The Labute approximate surface area is 219 Å². The predicted octanol–water partition coefficient (Wildman–Crippen LogP) is 4.97. The van der Waals surface area contributed by atoms with Crippen LogP contribution in [0.25, 0.3) is 22.0 Å². The van der Waals surface area contributed by atoms with Crippen molar-refractivity contribution in [2.45, 2.75) is 25.8 Å². The van der Waals surface area contributed by atoms with Crippen molar-refractivity contribution in [2.24, 2.45) is 5.73 Å². The zero-order valence-corrected chi connectivity index (χ0v) is 20.9. The Morgan fingerprint density at radius 2 is 1.87 bits per heavy atom. The van der Waals surface area contributed by atoms with Gasteiger partial charge in [0.15, 0.2) is 0 Å². The van der Waals surface area contributed by atoms with Crippen molar-refractivity contribution < 1.29 is 18.7 Å². The van der Waals surface area contributed by atoms with Crippen molar-refractivity contribution in [3.63, 3.8) is 0 Å². The highest BCUT2D eigenvalue weighted by Crippen LogP contribution is 2.41. The van der Waals surface area contributed by atoms with Crippen LogP contribution < -0.4 is 20.7 Å². The monoisotopic (exact) mass is 510 g/mol. The van der Waals surface area contributed by atoms with Crippen LogP contribution in [0.3, 0.4) is 0 Å². The summed E-state index contributed by atoms with van der Waals surface area (Å²) in [5, 5.41) is 3.48. The molecule has 7 nitrogen and oxygen atoms in total. The van der Waals surface area contributed by atoms with Crippen LogP contribution in [0.2, 0.25) is 0 Å². The number of primary amides is 1. The number of para-hydroxylation sites is 1. The molecule has 2 heterocycles. The lowest BCUT2D eigenvalue weighted by Crippen LogP contribution is -2.47. The smallest absolute Gasteiger partial charge is 0.296 e. The summed E-state index contributed by atoms with van der Waals surface area (Å²) in [5.41, 5.74) is 8.07. The van der Waals surface area contributed by atoms with Gasteiger partial charge in [-0.3, -0.25) is 9.59 Å². The van der Waals surface area contributed by atoms with Crippen molar-refractivity contribution in [2.75, 3.05) is 18.0 Å². The quantitative estimate of drug-likeness (QED) is 0.319. The number of fused-ring (bicyclic) bond motifs is 1. The Morgan fingerprint density at radius 1 is 1.13 bits per heavy atom. The molecule has 0 radical (unpaired) electrons. The number of H-pyrrole nitrogens is 1. The summed E-state index contributed by atoms with van der Waals surface area (Å²) >= 11 is 0. The van der Waals surface area contributed by atoms with E-state index >= 15 is 4.39 Å². The highest BCUT2D eigenvalue weighted by Gasteiger charge is 2.28. The third-order valence-electron chi connectivity index (χ3n) is 6.60. The molecule has 1 aliphatic rings. The van der Waals surface area contributed by atoms with Gasteiger partial charge in [0.05, 0.1) is 16.8 Å². The number of nitrogens with zero attached hydrogens (tertiary/aromatic N) is 1. The van der Waals surface area contributed by atoms with Gasteiger partial charge in [0.25, 0.3) is 11.8 Å². The normalized spacial score (nSPS) is 15.0. The Morgan fingerprint density at radius 3 is 2.58 bits per heavy atom. The lowest BCUT2D eigenvalue weighted by atomic mass is 9.98. The number of aromatic amines is 1. The minimum absolute atomic E-state index is 0.0802. The first-order valence-corrected chi connectivity index (χ1v) is 12.4. The molecule has 38 heavy (non-hydrogen) atoms. The summed E-state index contributed by atoms with van der Waals surface area (Å²) in [4.78, 5) is 29.3. The van der Waals surface area contributed by atoms with Crippen LogP contribution in [0, 0.1) is 17.7 Å². The van der Waals surface area contributed by atoms with Crippen LogP contribution in [0.5, 0.6) is 11.5 Å². The number of rotatable bonds is 6. The van der Waals surface area contributed by atoms with E-state index in [1.165, 1.54) is 6.07 Å². The Kier molecular flexibility index (Phi) is 7.00. The van der Waals surface area contributed by atoms with Crippen LogP contribution >= 0.6 is 0 Å². The first kappa shape index (κ1) is 24.9. The zero-order chi connectivity index (χ0) is 26.6. The number of anilines is 1. The maximum absolute atomic E-state index is 15.7. The summed E-state index contributed by atoms with van der Waals surface area (Å²) in [6.45, 7) is 2.61. The van der Waals surface area contributed by atoms with Crippen LogP contribution in [0.1, 0.15) is 30.1 Å². The molecule has 4 aromatic rings. The number of amides is 2. The number of piperidine rings is 1. The van der Waals surface area contributed by atoms with Crippen LogP contribution in [0.4, 0.5) is 10.1 Å². The molecule has 4 N–H and O–H groups in total. The van der Waals surface area contributed by atoms with E-state index < -0.39 is 11.7 Å². The van der Waals surface area contributed by atoms with Crippen molar-refractivity contribution in [1.29, 1.82) is 0 Å². The van der Waals surface area contributed by atoms with Gasteiger partial charge in [0.1, 0.15) is 17.3 Å². The standard InChI is InChI=1S/C30H27FN4O3/c1-2-7-26(36)34-20-8-6-15-35(18-20)29-25(31)16-23(30(32)37)28-27(29)24(17-33-28)19-11-13-22(14-12-19)38-21-9-4-3-5-10-21/h3-5,9-14,16-17,20,33H,6,8,15,18H2,1H3,(H2,32,37)(H,34,36)/t20-/m0/s1. The number of hydrogen-bond acceptors (Lipinski definition) is 4. The highest BCUT2D eigenvalue weighted by atomic mass is 19.1. The molecule has 2 amide bonds. The SMILES string of the molecule is CC#CC(=O)N[C@H]1CCCN(c2c(F)cc(C(N)=O)c3[nH]cc(-c4ccc(Oc5ccccc5)cc4)c23)C1. The fraction of sp³-hybridized carbons (Fsp3) is 0.200. The number of aromatic nitrogens is 1. The van der Waals surface area contributed by atoms with E-state index in [0.717, 1.165) is 29.7 Å². The number of halogens is 1. The maximum atomic E-state index is 15.7. The van der Waals surface area contributed by atoms with Crippen LogP contribution in [0.15, 0.2) is 66.9 Å². The number of carbonyl (C=O) groups excluding carboxylic acids is 2. The first-order valence-electron chi connectivity index (χ1n) is 12.4. The molecule has 5 rings (SSSR count). The van der Waals surface area contributed by atoms with Gasteiger partial charge in [-0.2, -0.15) is 0 Å². The topological polar surface area (TPSA) is 100 Å². The van der Waals surface area contributed by atoms with Crippen molar-refractivity contribution in [3.8, 4) is 34.5 Å². The predicted molar refractivity (Wildman–Crippen MR) is 146 cm³/mol. The van der Waals surface area contributed by atoms with E-state index in [0.29, 0.717) is 35.4 Å². The molecule has 192 valence electrons. The second kappa shape index (κ2) is 10.7. The molecule has 0 saturated carbocycles. The van der Waals surface area contributed by atoms with Gasteiger partial charge in [-0.05, 0) is 61.6 Å². The first-order chi connectivity index (χ1) is 18.4. The summed E-state index contributed by atoms with van der Waals surface area (Å²) in [7, 11) is 0. The van der Waals surface area contributed by atoms with Crippen molar-refractivity contribution in [3.05, 3.63) is 78.2 Å². The molecule has 1 aromatic heterocycles. The summed E-state index contributed by atoms with van der Waals surface area (Å²) in [5.74, 6) is 4.86. The van der Waals surface area contributed by atoms with Gasteiger partial charge < -0.3 is 25.7 Å². The number of ether oxygens (including phenoxy) is 1. The maximum Gasteiger partial charge on any atom is 0.296 e. The minimum Gasteiger partial charge on any atom is -0.457 e. The Hall–Kier alpha value is -4.77. The Balaban J connectivity index is 1.54. The molecular formula is C30H27FN4O3. The number of nitrogens with one attached hydrogen (secondary N) is 2.